The van der Waals surface area contributed by atoms with E-state index in [1.165, 1.54) is 12.0 Å². The maximum absolute atomic E-state index is 12.4. The third-order valence-corrected chi connectivity index (χ3v) is 5.03. The highest BCUT2D eigenvalue weighted by atomic mass is 16.5. The van der Waals surface area contributed by atoms with E-state index in [2.05, 4.69) is 5.32 Å². The fraction of sp³-hybridized carbons (Fsp3) is 0.550. The number of nitrogens with zero attached hydrogens (tertiary/aromatic N) is 2. The average molecular weight is 375 g/mol. The molecule has 1 aromatic rings. The van der Waals surface area contributed by atoms with E-state index in [0.29, 0.717) is 25.9 Å². The van der Waals surface area contributed by atoms with E-state index < -0.39 is 0 Å². The summed E-state index contributed by atoms with van der Waals surface area (Å²) < 4.78 is 4.78. The van der Waals surface area contributed by atoms with Crippen LogP contribution in [0.1, 0.15) is 24.0 Å². The Bertz CT molecular complexity index is 676. The molecule has 27 heavy (non-hydrogen) atoms. The van der Waals surface area contributed by atoms with Crippen molar-refractivity contribution in [1.82, 2.24) is 9.80 Å². The number of hydrogen-bond acceptors (Lipinski definition) is 5. The Morgan fingerprint density at radius 2 is 1.78 bits per heavy atom. The van der Waals surface area contributed by atoms with Gasteiger partial charge >= 0.3 is 5.97 Å². The number of methoxy groups -OCH3 is 1. The molecule has 2 amide bonds. The molecule has 1 aromatic carbocycles. The zero-order chi connectivity index (χ0) is 20.0. The van der Waals surface area contributed by atoms with Gasteiger partial charge in [0, 0.05) is 12.7 Å². The number of ether oxygens (including phenoxy) is 1. The summed E-state index contributed by atoms with van der Waals surface area (Å²) in [5.74, 6) is -0.584. The van der Waals surface area contributed by atoms with Gasteiger partial charge in [-0.25, -0.2) is 0 Å². The van der Waals surface area contributed by atoms with Crippen molar-refractivity contribution in [2.45, 2.75) is 26.7 Å². The van der Waals surface area contributed by atoms with Gasteiger partial charge < -0.3 is 15.0 Å². The fourth-order valence-corrected chi connectivity index (χ4v) is 3.30. The van der Waals surface area contributed by atoms with E-state index in [4.69, 9.17) is 4.74 Å². The lowest BCUT2D eigenvalue weighted by atomic mass is 9.97. The number of hydrogen-bond donors (Lipinski definition) is 1. The van der Waals surface area contributed by atoms with Gasteiger partial charge in [0.1, 0.15) is 0 Å². The van der Waals surface area contributed by atoms with E-state index in [1.807, 2.05) is 36.9 Å². The molecule has 1 heterocycles. The zero-order valence-electron chi connectivity index (χ0n) is 16.6. The normalized spacial score (nSPS) is 15.3. The van der Waals surface area contributed by atoms with Crippen LogP contribution in [-0.4, -0.2) is 67.9 Å². The first kappa shape index (κ1) is 20.9. The molecule has 0 unspecified atom stereocenters. The Balaban J connectivity index is 1.80. The van der Waals surface area contributed by atoms with Crippen LogP contribution in [0, 0.1) is 19.8 Å². The van der Waals surface area contributed by atoms with Crippen LogP contribution in [0.5, 0.6) is 0 Å². The molecule has 1 saturated heterocycles. The van der Waals surface area contributed by atoms with Crippen molar-refractivity contribution >= 4 is 23.5 Å². The molecule has 7 nitrogen and oxygen atoms in total. The predicted molar refractivity (Wildman–Crippen MR) is 103 cm³/mol. The highest BCUT2D eigenvalue weighted by Gasteiger charge is 2.27. The lowest BCUT2D eigenvalue weighted by Crippen LogP contribution is -2.45. The summed E-state index contributed by atoms with van der Waals surface area (Å²) in [5, 5.41) is 2.89. The number of esters is 1. The van der Waals surface area contributed by atoms with E-state index in [9.17, 15) is 14.4 Å². The number of likely N-dealkylation sites (tertiary alicyclic amines) is 1. The van der Waals surface area contributed by atoms with Crippen molar-refractivity contribution in [3.05, 3.63) is 29.3 Å². The third kappa shape index (κ3) is 5.79. The van der Waals surface area contributed by atoms with E-state index in [-0.39, 0.29) is 36.8 Å². The molecule has 2 rings (SSSR count). The van der Waals surface area contributed by atoms with Crippen LogP contribution in [0.3, 0.4) is 0 Å². The van der Waals surface area contributed by atoms with Crippen molar-refractivity contribution in [3.8, 4) is 0 Å². The fourth-order valence-electron chi connectivity index (χ4n) is 3.30. The Labute approximate surface area is 160 Å². The molecule has 0 saturated carbocycles. The second kappa shape index (κ2) is 9.50. The lowest BCUT2D eigenvalue weighted by molar-refractivity contribution is -0.147. The van der Waals surface area contributed by atoms with Crippen LogP contribution in [0.4, 0.5) is 5.69 Å². The summed E-state index contributed by atoms with van der Waals surface area (Å²) in [7, 11) is 3.03. The van der Waals surface area contributed by atoms with Gasteiger partial charge in [-0.15, -0.1) is 0 Å². The molecular formula is C20H29N3O4. The zero-order valence-corrected chi connectivity index (χ0v) is 16.6. The summed E-state index contributed by atoms with van der Waals surface area (Å²) in [6.07, 6.45) is 1.38. The molecule has 148 valence electrons. The van der Waals surface area contributed by atoms with Crippen LogP contribution < -0.4 is 5.32 Å². The SMILES string of the molecule is COC(=O)C1CCN(CC(=O)N(C)CC(=O)Nc2c(C)cccc2C)CC1. The lowest BCUT2D eigenvalue weighted by Gasteiger charge is -2.31. The van der Waals surface area contributed by atoms with E-state index in [0.717, 1.165) is 16.8 Å². The Morgan fingerprint density at radius 3 is 2.33 bits per heavy atom. The molecule has 1 aliphatic rings. The number of para-hydroxylation sites is 1. The number of aryl methyl sites for hydroxylation is 2. The van der Waals surface area contributed by atoms with E-state index in [1.54, 1.807) is 7.05 Å². The highest BCUT2D eigenvalue weighted by molar-refractivity contribution is 5.95. The molecule has 1 N–H and O–H groups in total. The number of likely N-dealkylation sites (N-methyl/N-ethyl adjacent to an activating group) is 1. The van der Waals surface area contributed by atoms with Gasteiger partial charge in [-0.3, -0.25) is 19.3 Å². The number of benzene rings is 1. The van der Waals surface area contributed by atoms with Crippen molar-refractivity contribution in [2.75, 3.05) is 45.7 Å². The van der Waals surface area contributed by atoms with Gasteiger partial charge in [0.15, 0.2) is 0 Å². The third-order valence-electron chi connectivity index (χ3n) is 5.03. The standard InChI is InChI=1S/C20H29N3O4/c1-14-6-5-7-15(2)19(14)21-17(24)12-22(3)18(25)13-23-10-8-16(9-11-23)20(26)27-4/h5-7,16H,8-13H2,1-4H3,(H,21,24). The smallest absolute Gasteiger partial charge is 0.308 e. The van der Waals surface area contributed by atoms with Crippen LogP contribution in [0.2, 0.25) is 0 Å². The first-order chi connectivity index (χ1) is 12.8. The van der Waals surface area contributed by atoms with Gasteiger partial charge in [-0.2, -0.15) is 0 Å². The molecular weight excluding hydrogens is 346 g/mol. The van der Waals surface area contributed by atoms with Crippen LogP contribution in [0.15, 0.2) is 18.2 Å². The largest absolute Gasteiger partial charge is 0.469 e. The van der Waals surface area contributed by atoms with Gasteiger partial charge in [-0.1, -0.05) is 18.2 Å². The maximum atomic E-state index is 12.4. The maximum Gasteiger partial charge on any atom is 0.308 e. The molecule has 0 bridgehead atoms. The Hall–Kier alpha value is -2.41. The molecule has 0 aromatic heterocycles. The monoisotopic (exact) mass is 375 g/mol. The van der Waals surface area contributed by atoms with E-state index >= 15 is 0 Å². The van der Waals surface area contributed by atoms with Crippen LogP contribution in [-0.2, 0) is 19.1 Å². The van der Waals surface area contributed by atoms with Crippen LogP contribution >= 0.6 is 0 Å². The highest BCUT2D eigenvalue weighted by Crippen LogP contribution is 2.20. The summed E-state index contributed by atoms with van der Waals surface area (Å²) in [6.45, 7) is 5.49. The molecule has 1 fully saturated rings. The molecule has 0 radical (unpaired) electrons. The summed E-state index contributed by atoms with van der Waals surface area (Å²) in [6, 6.07) is 5.82. The van der Waals surface area contributed by atoms with Crippen molar-refractivity contribution in [1.29, 1.82) is 0 Å². The molecule has 0 atom stereocenters. The quantitative estimate of drug-likeness (QED) is 0.764. The number of piperidine rings is 1. The first-order valence-electron chi connectivity index (χ1n) is 9.22. The predicted octanol–water partition coefficient (Wildman–Crippen LogP) is 1.59. The summed E-state index contributed by atoms with van der Waals surface area (Å²) >= 11 is 0. The minimum Gasteiger partial charge on any atom is -0.469 e. The molecule has 1 aliphatic heterocycles. The number of amides is 2. The van der Waals surface area contributed by atoms with Gasteiger partial charge in [0.05, 0.1) is 26.1 Å². The molecule has 7 heteroatoms. The van der Waals surface area contributed by atoms with Crippen LogP contribution in [0.25, 0.3) is 0 Å². The van der Waals surface area contributed by atoms with Crippen molar-refractivity contribution < 1.29 is 19.1 Å². The minimum absolute atomic E-state index is 0.00519. The topological polar surface area (TPSA) is 79.0 Å². The van der Waals surface area contributed by atoms with Gasteiger partial charge in [-0.05, 0) is 50.9 Å². The Kier molecular flexibility index (Phi) is 7.36. The number of rotatable bonds is 6. The van der Waals surface area contributed by atoms with Gasteiger partial charge in [0.2, 0.25) is 11.8 Å². The summed E-state index contributed by atoms with van der Waals surface area (Å²) in [4.78, 5) is 39.7. The van der Waals surface area contributed by atoms with Crippen molar-refractivity contribution in [2.24, 2.45) is 5.92 Å². The second-order valence-corrected chi connectivity index (χ2v) is 7.14. The number of anilines is 1. The minimum atomic E-state index is -0.215. The number of nitrogens with one attached hydrogen (secondary N) is 1. The average Bonchev–Trinajstić information content (AvgIpc) is 2.64. The second-order valence-electron chi connectivity index (χ2n) is 7.14. The van der Waals surface area contributed by atoms with Crippen molar-refractivity contribution in [3.63, 3.8) is 0 Å². The van der Waals surface area contributed by atoms with Gasteiger partial charge in [0.25, 0.3) is 0 Å². The first-order valence-corrected chi connectivity index (χ1v) is 9.22. The molecule has 0 spiro atoms. The Morgan fingerprint density at radius 1 is 1.19 bits per heavy atom. The molecule has 0 aliphatic carbocycles. The number of carbonyl (C=O) groups excluding carboxylic acids is 3. The summed E-state index contributed by atoms with van der Waals surface area (Å²) in [5.41, 5.74) is 2.78. The number of carbonyl (C=O) groups is 3.